The highest BCUT2D eigenvalue weighted by Crippen LogP contribution is 2.25. The lowest BCUT2D eigenvalue weighted by atomic mass is 10.1. The van der Waals surface area contributed by atoms with Crippen molar-refractivity contribution < 1.29 is 4.74 Å². The van der Waals surface area contributed by atoms with Crippen molar-refractivity contribution in [3.8, 4) is 5.75 Å². The number of aliphatic imine (C=N–C) groups is 1. The summed E-state index contributed by atoms with van der Waals surface area (Å²) in [5.41, 5.74) is 6.58. The summed E-state index contributed by atoms with van der Waals surface area (Å²) < 4.78 is 5.34. The summed E-state index contributed by atoms with van der Waals surface area (Å²) in [7, 11) is 3.70. The molecule has 0 saturated carbocycles. The van der Waals surface area contributed by atoms with E-state index in [1.54, 1.807) is 31.5 Å². The first-order chi connectivity index (χ1) is 13.4. The van der Waals surface area contributed by atoms with Gasteiger partial charge in [0.1, 0.15) is 0 Å². The van der Waals surface area contributed by atoms with Crippen LogP contribution in [0.4, 0.5) is 17.5 Å². The average molecular weight is 424 g/mol. The molecule has 1 aromatic heterocycles. The van der Waals surface area contributed by atoms with Gasteiger partial charge in [0.05, 0.1) is 13.3 Å². The third-order valence-electron chi connectivity index (χ3n) is 4.36. The Labute approximate surface area is 174 Å². The lowest BCUT2D eigenvalue weighted by Gasteiger charge is -2.14. The maximum absolute atomic E-state index is 5.99. The maximum atomic E-state index is 5.99. The number of methoxy groups -OCH3 is 1. The fourth-order valence-corrected chi connectivity index (χ4v) is 3.56. The Kier molecular flexibility index (Phi) is 6.77. The molecule has 3 rings (SSSR count). The van der Waals surface area contributed by atoms with Crippen molar-refractivity contribution in [2.24, 2.45) is 16.6 Å². The smallest absolute Gasteiger partial charge is 0.254 e. The molecule has 1 unspecified atom stereocenters. The van der Waals surface area contributed by atoms with Crippen molar-refractivity contribution in [1.29, 1.82) is 0 Å². The first kappa shape index (κ1) is 20.4. The number of guanidine groups is 1. The van der Waals surface area contributed by atoms with E-state index < -0.39 is 0 Å². The molecule has 1 fully saturated rings. The van der Waals surface area contributed by atoms with Gasteiger partial charge in [-0.05, 0) is 44.1 Å². The Bertz CT molecular complexity index is 842. The second-order valence-corrected chi connectivity index (χ2v) is 7.54. The molecule has 0 radical (unpaired) electrons. The van der Waals surface area contributed by atoms with E-state index in [1.165, 1.54) is 0 Å². The van der Waals surface area contributed by atoms with Crippen LogP contribution in [0.25, 0.3) is 0 Å². The molecular formula is C18H23Cl2N7O. The second-order valence-electron chi connectivity index (χ2n) is 6.66. The SMILES string of the molecule is COc1cnc(N=C(N)Nc2cc(Cl)cc(Cl)c2)nc1NCC1CCN(C)C1. The van der Waals surface area contributed by atoms with Crippen LogP contribution in [-0.4, -0.2) is 54.6 Å². The van der Waals surface area contributed by atoms with Crippen molar-refractivity contribution >= 4 is 46.6 Å². The van der Waals surface area contributed by atoms with Crippen LogP contribution in [0, 0.1) is 5.92 Å². The van der Waals surface area contributed by atoms with Gasteiger partial charge in [-0.3, -0.25) is 0 Å². The van der Waals surface area contributed by atoms with Gasteiger partial charge < -0.3 is 26.0 Å². The average Bonchev–Trinajstić information content (AvgIpc) is 3.04. The lowest BCUT2D eigenvalue weighted by molar-refractivity contribution is 0.398. The summed E-state index contributed by atoms with van der Waals surface area (Å²) in [5, 5.41) is 7.25. The highest BCUT2D eigenvalue weighted by molar-refractivity contribution is 6.35. The minimum Gasteiger partial charge on any atom is -0.491 e. The molecule has 0 spiro atoms. The van der Waals surface area contributed by atoms with E-state index in [0.29, 0.717) is 33.2 Å². The number of aromatic nitrogens is 2. The van der Waals surface area contributed by atoms with Gasteiger partial charge in [0.2, 0.25) is 5.96 Å². The number of nitrogens with one attached hydrogen (secondary N) is 2. The van der Waals surface area contributed by atoms with Crippen molar-refractivity contribution in [3.63, 3.8) is 0 Å². The van der Waals surface area contributed by atoms with Crippen molar-refractivity contribution in [3.05, 3.63) is 34.4 Å². The van der Waals surface area contributed by atoms with Crippen LogP contribution in [0.3, 0.4) is 0 Å². The Morgan fingerprint density at radius 3 is 2.75 bits per heavy atom. The molecule has 4 N–H and O–H groups in total. The molecule has 8 nitrogen and oxygen atoms in total. The zero-order valence-corrected chi connectivity index (χ0v) is 17.3. The standard InChI is InChI=1S/C18H23Cl2N7O/c1-27-4-3-11(10-27)8-22-16-15(28-2)9-23-18(25-16)26-17(21)24-14-6-12(19)5-13(20)7-14/h5-7,9,11H,3-4,8,10H2,1-2H3,(H4,21,22,23,24,25,26). The first-order valence-corrected chi connectivity index (χ1v) is 9.59. The molecule has 10 heteroatoms. The van der Waals surface area contributed by atoms with Crippen LogP contribution >= 0.6 is 23.2 Å². The highest BCUT2D eigenvalue weighted by Gasteiger charge is 2.20. The van der Waals surface area contributed by atoms with Gasteiger partial charge in [0.15, 0.2) is 11.6 Å². The first-order valence-electron chi connectivity index (χ1n) is 8.83. The molecule has 2 heterocycles. The molecule has 1 saturated heterocycles. The highest BCUT2D eigenvalue weighted by atomic mass is 35.5. The van der Waals surface area contributed by atoms with E-state index in [4.69, 9.17) is 33.7 Å². The van der Waals surface area contributed by atoms with Crippen molar-refractivity contribution in [2.75, 3.05) is 44.4 Å². The van der Waals surface area contributed by atoms with Crippen LogP contribution in [0.5, 0.6) is 5.75 Å². The van der Waals surface area contributed by atoms with E-state index in [9.17, 15) is 0 Å². The minimum atomic E-state index is 0.117. The molecule has 1 aliphatic heterocycles. The van der Waals surface area contributed by atoms with Gasteiger partial charge in [-0.2, -0.15) is 9.98 Å². The fourth-order valence-electron chi connectivity index (χ4n) is 3.03. The number of nitrogens with zero attached hydrogens (tertiary/aromatic N) is 4. The maximum Gasteiger partial charge on any atom is 0.254 e. The van der Waals surface area contributed by atoms with Gasteiger partial charge in [-0.1, -0.05) is 23.2 Å². The topological polar surface area (TPSA) is 101 Å². The summed E-state index contributed by atoms with van der Waals surface area (Å²) in [6.45, 7) is 2.97. The summed E-state index contributed by atoms with van der Waals surface area (Å²) in [6.07, 6.45) is 2.72. The van der Waals surface area contributed by atoms with Gasteiger partial charge in [-0.25, -0.2) is 4.98 Å². The molecule has 0 bridgehead atoms. The predicted octanol–water partition coefficient (Wildman–Crippen LogP) is 3.21. The van der Waals surface area contributed by atoms with E-state index in [1.807, 2.05) is 0 Å². The zero-order chi connectivity index (χ0) is 20.1. The van der Waals surface area contributed by atoms with Gasteiger partial charge >= 0.3 is 0 Å². The molecule has 1 aromatic carbocycles. The normalized spacial score (nSPS) is 17.6. The molecule has 28 heavy (non-hydrogen) atoms. The molecule has 0 aliphatic carbocycles. The predicted molar refractivity (Wildman–Crippen MR) is 114 cm³/mol. The van der Waals surface area contributed by atoms with Gasteiger partial charge in [-0.15, -0.1) is 0 Å². The summed E-state index contributed by atoms with van der Waals surface area (Å²) in [6, 6.07) is 5.01. The second kappa shape index (κ2) is 9.27. The Balaban J connectivity index is 1.71. The number of benzene rings is 1. The lowest BCUT2D eigenvalue weighted by Crippen LogP contribution is -2.22. The van der Waals surface area contributed by atoms with Crippen LogP contribution in [0.1, 0.15) is 6.42 Å². The Hall–Kier alpha value is -2.29. The van der Waals surface area contributed by atoms with E-state index in [2.05, 4.69) is 37.5 Å². The largest absolute Gasteiger partial charge is 0.491 e. The van der Waals surface area contributed by atoms with Crippen LogP contribution in [-0.2, 0) is 0 Å². The molecule has 1 aliphatic rings. The Morgan fingerprint density at radius 1 is 1.36 bits per heavy atom. The monoisotopic (exact) mass is 423 g/mol. The Morgan fingerprint density at radius 2 is 2.11 bits per heavy atom. The quantitative estimate of drug-likeness (QED) is 0.484. The van der Waals surface area contributed by atoms with E-state index in [0.717, 1.165) is 26.1 Å². The number of hydrogen-bond acceptors (Lipinski definition) is 6. The third-order valence-corrected chi connectivity index (χ3v) is 4.80. The fraction of sp³-hybridized carbons (Fsp3) is 0.389. The van der Waals surface area contributed by atoms with Crippen LogP contribution < -0.4 is 21.1 Å². The zero-order valence-electron chi connectivity index (χ0n) is 15.7. The van der Waals surface area contributed by atoms with Gasteiger partial charge in [0, 0.05) is 28.8 Å². The molecular weight excluding hydrogens is 401 g/mol. The third kappa shape index (κ3) is 5.60. The number of rotatable bonds is 6. The number of likely N-dealkylation sites (tertiary alicyclic amines) is 1. The molecule has 2 aromatic rings. The minimum absolute atomic E-state index is 0.117. The number of halogens is 2. The van der Waals surface area contributed by atoms with E-state index >= 15 is 0 Å². The van der Waals surface area contributed by atoms with Crippen LogP contribution in [0.15, 0.2) is 29.4 Å². The molecule has 150 valence electrons. The summed E-state index contributed by atoms with van der Waals surface area (Å²) in [5.74, 6) is 2.04. The van der Waals surface area contributed by atoms with Crippen molar-refractivity contribution in [2.45, 2.75) is 6.42 Å². The molecule has 1 atom stereocenters. The molecule has 0 amide bonds. The number of ether oxygens (including phenoxy) is 1. The number of nitrogens with two attached hydrogens (primary N) is 1. The van der Waals surface area contributed by atoms with E-state index in [-0.39, 0.29) is 11.9 Å². The van der Waals surface area contributed by atoms with Crippen molar-refractivity contribution in [1.82, 2.24) is 14.9 Å². The number of anilines is 2. The summed E-state index contributed by atoms with van der Waals surface area (Å²) >= 11 is 12.0. The van der Waals surface area contributed by atoms with Gasteiger partial charge in [0.25, 0.3) is 5.95 Å². The van der Waals surface area contributed by atoms with Crippen LogP contribution in [0.2, 0.25) is 10.0 Å². The number of hydrogen-bond donors (Lipinski definition) is 3. The summed E-state index contributed by atoms with van der Waals surface area (Å²) in [4.78, 5) is 15.1.